The van der Waals surface area contributed by atoms with Crippen molar-refractivity contribution in [1.82, 2.24) is 40.6 Å². The topological polar surface area (TPSA) is 140 Å². The summed E-state index contributed by atoms with van der Waals surface area (Å²) in [6.07, 6.45) is 1.69. The molecule has 0 saturated heterocycles. The van der Waals surface area contributed by atoms with Crippen LogP contribution in [0.25, 0.3) is 44.8 Å². The molecule has 4 aromatic heterocycles. The number of ether oxygens (including phenoxy) is 1. The van der Waals surface area contributed by atoms with Crippen LogP contribution in [0.15, 0.2) is 159 Å². The molecule has 70 heavy (non-hydrogen) atoms. The summed E-state index contributed by atoms with van der Waals surface area (Å²) >= 11 is 0. The summed E-state index contributed by atoms with van der Waals surface area (Å²) in [6.45, 7) is 8.38. The van der Waals surface area contributed by atoms with Gasteiger partial charge in [0.25, 0.3) is 11.8 Å². The molecule has 8 aromatic rings. The summed E-state index contributed by atoms with van der Waals surface area (Å²) in [6, 6.07) is 32.2. The number of nitrogens with zero attached hydrogens (tertiary/aromatic N) is 5. The van der Waals surface area contributed by atoms with Crippen LogP contribution >= 0.6 is 0 Å². The predicted molar refractivity (Wildman–Crippen MR) is 257 cm³/mol. The van der Waals surface area contributed by atoms with Crippen LogP contribution < -0.4 is 10.6 Å². The van der Waals surface area contributed by atoms with Crippen molar-refractivity contribution in [3.8, 4) is 44.8 Å². The smallest absolute Gasteiger partial charge is 0.360 e. The maximum Gasteiger partial charge on any atom is 0.416 e. The van der Waals surface area contributed by atoms with Gasteiger partial charge in [-0.15, -0.1) is 0 Å². The van der Waals surface area contributed by atoms with E-state index in [4.69, 9.17) is 9.84 Å². The number of benzene rings is 4. The molecule has 4 aromatic carbocycles. The molecule has 0 unspecified atom stereocenters. The lowest BCUT2D eigenvalue weighted by Gasteiger charge is -2.15. The van der Waals surface area contributed by atoms with Gasteiger partial charge in [-0.05, 0) is 113 Å². The summed E-state index contributed by atoms with van der Waals surface area (Å²) < 4.78 is 84.1. The summed E-state index contributed by atoms with van der Waals surface area (Å²) in [5, 5.41) is 17.5. The average Bonchev–Trinajstić information content (AvgIpc) is 4.03. The predicted octanol–water partition coefficient (Wildman–Crippen LogP) is 12.0. The number of hydrogen-bond acceptors (Lipinski definition) is 7. The standard InChI is InChI=1S/C29H31F3N4O2Si.C23H17F3N4O/c1-39(2,3)16-15-38-20-36-19-26(22-11-13-33-14-12-22)27(35-36)24-6-4-5-21(17-24)18-34-28(37)23-7-9-25(10-8-23)29(30,31)32;24-23(25,26)19-6-4-17(5-7-19)22(31)28-13-15-2-1-3-18(12-15)21-20(14-29-30-21)16-8-10-27-11-9-16/h4-14,17,19H,15-16,18,20H2,1-3H3,(H,34,37);1-12,14H,13H2,(H,28,31)(H,29,30). The van der Waals surface area contributed by atoms with Crippen molar-refractivity contribution >= 4 is 19.9 Å². The number of aromatic nitrogens is 6. The Balaban J connectivity index is 0.000000212. The van der Waals surface area contributed by atoms with Crippen molar-refractivity contribution in [2.75, 3.05) is 6.61 Å². The monoisotopic (exact) mass is 974 g/mol. The molecule has 0 bridgehead atoms. The fourth-order valence-corrected chi connectivity index (χ4v) is 7.85. The lowest BCUT2D eigenvalue weighted by Crippen LogP contribution is -2.22. The van der Waals surface area contributed by atoms with Gasteiger partial charge >= 0.3 is 12.4 Å². The number of carbonyl (C=O) groups excluding carboxylic acids is 2. The fraction of sp³-hybridized carbons (Fsp3) is 0.192. The molecule has 0 fully saturated rings. The fourth-order valence-electron chi connectivity index (χ4n) is 7.09. The highest BCUT2D eigenvalue weighted by molar-refractivity contribution is 6.76. The van der Waals surface area contributed by atoms with E-state index in [1.54, 1.807) is 35.7 Å². The number of rotatable bonds is 15. The second kappa shape index (κ2) is 22.2. The van der Waals surface area contributed by atoms with E-state index in [9.17, 15) is 35.9 Å². The Hall–Kier alpha value is -7.70. The molecule has 8 rings (SSSR count). The molecule has 0 aliphatic carbocycles. The molecule has 0 radical (unpaired) electrons. The number of H-pyrrole nitrogens is 1. The van der Waals surface area contributed by atoms with E-state index in [1.165, 1.54) is 24.3 Å². The molecule has 0 spiro atoms. The largest absolute Gasteiger partial charge is 0.416 e. The normalized spacial score (nSPS) is 11.7. The summed E-state index contributed by atoms with van der Waals surface area (Å²) in [5.74, 6) is -0.899. The molecule has 0 aliphatic heterocycles. The third-order valence-corrected chi connectivity index (χ3v) is 12.6. The highest BCUT2D eigenvalue weighted by Crippen LogP contribution is 2.33. The minimum atomic E-state index is -4.45. The summed E-state index contributed by atoms with van der Waals surface area (Å²) in [5.41, 5.74) is 7.56. The van der Waals surface area contributed by atoms with Crippen LogP contribution in [0, 0.1) is 0 Å². The van der Waals surface area contributed by atoms with Crippen molar-refractivity contribution in [1.29, 1.82) is 0 Å². The Labute approximate surface area is 401 Å². The van der Waals surface area contributed by atoms with Gasteiger partial charge in [-0.25, -0.2) is 4.68 Å². The lowest BCUT2D eigenvalue weighted by molar-refractivity contribution is -0.138. The zero-order chi connectivity index (χ0) is 49.9. The van der Waals surface area contributed by atoms with Crippen molar-refractivity contribution in [2.24, 2.45) is 0 Å². The minimum absolute atomic E-state index is 0.159. The van der Waals surface area contributed by atoms with Gasteiger partial charge in [0.1, 0.15) is 12.4 Å². The number of amides is 2. The second-order valence-corrected chi connectivity index (χ2v) is 22.9. The molecular weight excluding hydrogens is 927 g/mol. The van der Waals surface area contributed by atoms with Crippen LogP contribution in [-0.2, 0) is 36.9 Å². The van der Waals surface area contributed by atoms with Crippen molar-refractivity contribution in [3.63, 3.8) is 0 Å². The average molecular weight is 975 g/mol. The Morgan fingerprint density at radius 2 is 1.11 bits per heavy atom. The number of aromatic amines is 1. The molecule has 0 atom stereocenters. The van der Waals surface area contributed by atoms with Gasteiger partial charge in [0.2, 0.25) is 0 Å². The van der Waals surface area contributed by atoms with E-state index in [0.29, 0.717) is 13.3 Å². The van der Waals surface area contributed by atoms with E-state index in [-0.39, 0.29) is 24.2 Å². The maximum absolute atomic E-state index is 12.8. The van der Waals surface area contributed by atoms with Crippen LogP contribution in [0.2, 0.25) is 25.7 Å². The quantitative estimate of drug-likeness (QED) is 0.0528. The van der Waals surface area contributed by atoms with Crippen molar-refractivity contribution in [2.45, 2.75) is 57.9 Å². The van der Waals surface area contributed by atoms with E-state index >= 15 is 0 Å². The number of halogens is 6. The zero-order valence-electron chi connectivity index (χ0n) is 38.3. The van der Waals surface area contributed by atoms with Gasteiger partial charge in [0.05, 0.1) is 23.0 Å². The highest BCUT2D eigenvalue weighted by atomic mass is 28.3. The Bertz CT molecular complexity index is 2990. The van der Waals surface area contributed by atoms with Crippen LogP contribution in [0.4, 0.5) is 26.3 Å². The highest BCUT2D eigenvalue weighted by Gasteiger charge is 2.31. The van der Waals surface area contributed by atoms with Gasteiger partial charge in [-0.2, -0.15) is 36.5 Å². The maximum atomic E-state index is 12.8. The third kappa shape index (κ3) is 13.7. The molecule has 4 heterocycles. The first-order valence-electron chi connectivity index (χ1n) is 22.0. The Morgan fingerprint density at radius 1 is 0.629 bits per heavy atom. The van der Waals surface area contributed by atoms with E-state index < -0.39 is 43.4 Å². The van der Waals surface area contributed by atoms with Crippen LogP contribution in [0.3, 0.4) is 0 Å². The molecule has 0 saturated carbocycles. The van der Waals surface area contributed by atoms with Crippen LogP contribution in [-0.4, -0.2) is 56.4 Å². The minimum Gasteiger partial charge on any atom is -0.360 e. The second-order valence-electron chi connectivity index (χ2n) is 17.3. The molecule has 0 aliphatic rings. The number of nitrogens with one attached hydrogen (secondary N) is 3. The molecular formula is C52H48F6N8O3Si. The van der Waals surface area contributed by atoms with Crippen molar-refractivity contribution < 1.29 is 40.7 Å². The summed E-state index contributed by atoms with van der Waals surface area (Å²) in [4.78, 5) is 33.0. The van der Waals surface area contributed by atoms with Gasteiger partial charge in [-0.3, -0.25) is 24.7 Å². The number of pyridine rings is 2. The Morgan fingerprint density at radius 3 is 1.61 bits per heavy atom. The molecule has 11 nitrogen and oxygen atoms in total. The van der Waals surface area contributed by atoms with E-state index in [0.717, 1.165) is 86.2 Å². The zero-order valence-corrected chi connectivity index (χ0v) is 39.3. The number of hydrogen-bond donors (Lipinski definition) is 3. The van der Waals surface area contributed by atoms with Gasteiger partial charge < -0.3 is 15.4 Å². The molecule has 2 amide bonds. The summed E-state index contributed by atoms with van der Waals surface area (Å²) in [7, 11) is -1.20. The van der Waals surface area contributed by atoms with Crippen LogP contribution in [0.1, 0.15) is 43.0 Å². The first kappa shape index (κ1) is 50.2. The molecule has 360 valence electrons. The first-order chi connectivity index (χ1) is 33.4. The SMILES string of the molecule is C[Si](C)(C)CCOCn1cc(-c2ccncc2)c(-c2cccc(CNC(=O)c3ccc(C(F)(F)F)cc3)c2)n1.O=C(NCc1cccc(-c2[nH]ncc2-c2ccncc2)c1)c1ccc(C(F)(F)F)cc1. The van der Waals surface area contributed by atoms with Crippen LogP contribution in [0.5, 0.6) is 0 Å². The lowest BCUT2D eigenvalue weighted by atomic mass is 10.0. The molecule has 18 heteroatoms. The van der Waals surface area contributed by atoms with E-state index in [1.807, 2.05) is 79.0 Å². The first-order valence-corrected chi connectivity index (χ1v) is 25.7. The number of alkyl halides is 6. The Kier molecular flexibility index (Phi) is 15.9. The van der Waals surface area contributed by atoms with Gasteiger partial charge in [0.15, 0.2) is 0 Å². The van der Waals surface area contributed by atoms with Gasteiger partial charge in [0, 0.05) is 92.1 Å². The van der Waals surface area contributed by atoms with Gasteiger partial charge in [-0.1, -0.05) is 56.0 Å². The number of carbonyl (C=O) groups is 2. The molecule has 3 N–H and O–H groups in total. The van der Waals surface area contributed by atoms with Crippen molar-refractivity contribution in [3.05, 3.63) is 192 Å². The third-order valence-electron chi connectivity index (χ3n) is 10.9. The van der Waals surface area contributed by atoms with E-state index in [2.05, 4.69) is 50.4 Å².